The fraction of sp³-hybridized carbons (Fsp3) is 0.385. The molecule has 0 aliphatic heterocycles. The van der Waals surface area contributed by atoms with E-state index in [1.165, 1.54) is 6.07 Å². The monoisotopic (exact) mass is 267 g/mol. The second-order valence-corrected chi connectivity index (χ2v) is 4.22. The zero-order chi connectivity index (χ0) is 13.7. The van der Waals surface area contributed by atoms with Crippen LogP contribution in [0.25, 0.3) is 0 Å². The summed E-state index contributed by atoms with van der Waals surface area (Å²) in [6, 6.07) is 3.73. The normalized spacial score (nSPS) is 10.9. The molecule has 0 aliphatic carbocycles. The average molecular weight is 267 g/mol. The summed E-state index contributed by atoms with van der Waals surface area (Å²) < 4.78 is 31.3. The number of rotatable bonds is 6. The van der Waals surface area contributed by atoms with Crippen molar-refractivity contribution in [1.29, 1.82) is 0 Å². The number of nitrogens with one attached hydrogen (secondary N) is 1. The second-order valence-electron chi connectivity index (χ2n) is 4.22. The number of benzene rings is 1. The van der Waals surface area contributed by atoms with Crippen LogP contribution in [0.5, 0.6) is 0 Å². The lowest BCUT2D eigenvalue weighted by Crippen LogP contribution is -2.08. The molecule has 0 amide bonds. The van der Waals surface area contributed by atoms with Crippen LogP contribution in [-0.2, 0) is 12.8 Å². The minimum absolute atomic E-state index is 0.302. The maximum atomic E-state index is 13.0. The molecule has 0 unspecified atom stereocenters. The lowest BCUT2D eigenvalue weighted by molar-refractivity contribution is 0.450. The average Bonchev–Trinajstić information content (AvgIpc) is 2.82. The van der Waals surface area contributed by atoms with Crippen molar-refractivity contribution in [2.24, 2.45) is 0 Å². The predicted octanol–water partition coefficient (Wildman–Crippen LogP) is 2.09. The number of aromatic nitrogens is 2. The number of hydrogen-bond acceptors (Lipinski definition) is 4. The highest BCUT2D eigenvalue weighted by Crippen LogP contribution is 2.13. The van der Waals surface area contributed by atoms with Crippen LogP contribution >= 0.6 is 0 Å². The van der Waals surface area contributed by atoms with Gasteiger partial charge in [0.25, 0.3) is 0 Å². The molecule has 0 bridgehead atoms. The Kier molecular flexibility index (Phi) is 4.57. The van der Waals surface area contributed by atoms with E-state index in [4.69, 9.17) is 4.42 Å². The Morgan fingerprint density at radius 1 is 1.16 bits per heavy atom. The number of hydrogen-bond donors (Lipinski definition) is 1. The van der Waals surface area contributed by atoms with Gasteiger partial charge >= 0.3 is 0 Å². The SMILES string of the molecule is CNCCCc1nnc(Cc2ccc(F)c(F)c2)o1. The molecule has 1 N–H and O–H groups in total. The van der Waals surface area contributed by atoms with Crippen LogP contribution in [-0.4, -0.2) is 23.8 Å². The molecular weight excluding hydrogens is 252 g/mol. The molecule has 102 valence electrons. The van der Waals surface area contributed by atoms with Crippen LogP contribution in [0.3, 0.4) is 0 Å². The van der Waals surface area contributed by atoms with Gasteiger partial charge in [-0.3, -0.25) is 0 Å². The second kappa shape index (κ2) is 6.38. The summed E-state index contributed by atoms with van der Waals surface area (Å²) in [5.74, 6) is -0.758. The Labute approximate surface area is 109 Å². The Morgan fingerprint density at radius 3 is 2.68 bits per heavy atom. The quantitative estimate of drug-likeness (QED) is 0.814. The molecular formula is C13H15F2N3O. The first-order chi connectivity index (χ1) is 9.19. The minimum Gasteiger partial charge on any atom is -0.425 e. The van der Waals surface area contributed by atoms with E-state index in [2.05, 4.69) is 15.5 Å². The molecule has 1 aromatic heterocycles. The van der Waals surface area contributed by atoms with Crippen LogP contribution < -0.4 is 5.32 Å². The molecule has 0 saturated heterocycles. The molecule has 0 spiro atoms. The van der Waals surface area contributed by atoms with E-state index in [9.17, 15) is 8.78 Å². The van der Waals surface area contributed by atoms with Gasteiger partial charge < -0.3 is 9.73 Å². The molecule has 4 nitrogen and oxygen atoms in total. The third kappa shape index (κ3) is 3.82. The van der Waals surface area contributed by atoms with Crippen molar-refractivity contribution in [2.75, 3.05) is 13.6 Å². The topological polar surface area (TPSA) is 51.0 Å². The van der Waals surface area contributed by atoms with E-state index in [1.54, 1.807) is 0 Å². The summed E-state index contributed by atoms with van der Waals surface area (Å²) in [4.78, 5) is 0. The molecule has 0 aliphatic rings. The molecule has 2 aromatic rings. The highest BCUT2D eigenvalue weighted by Gasteiger charge is 2.09. The van der Waals surface area contributed by atoms with Gasteiger partial charge in [-0.15, -0.1) is 10.2 Å². The van der Waals surface area contributed by atoms with Gasteiger partial charge in [-0.2, -0.15) is 0 Å². The maximum absolute atomic E-state index is 13.0. The third-order valence-corrected chi connectivity index (χ3v) is 2.67. The zero-order valence-corrected chi connectivity index (χ0v) is 10.6. The largest absolute Gasteiger partial charge is 0.425 e. The Hall–Kier alpha value is -1.82. The lowest BCUT2D eigenvalue weighted by Gasteiger charge is -1.98. The molecule has 1 aromatic carbocycles. The summed E-state index contributed by atoms with van der Waals surface area (Å²) in [6.45, 7) is 0.876. The third-order valence-electron chi connectivity index (χ3n) is 2.67. The van der Waals surface area contributed by atoms with E-state index >= 15 is 0 Å². The fourth-order valence-electron chi connectivity index (χ4n) is 1.70. The van der Waals surface area contributed by atoms with Crippen molar-refractivity contribution < 1.29 is 13.2 Å². The lowest BCUT2D eigenvalue weighted by atomic mass is 10.1. The predicted molar refractivity (Wildman–Crippen MR) is 65.7 cm³/mol. The van der Waals surface area contributed by atoms with E-state index < -0.39 is 11.6 Å². The molecule has 0 saturated carbocycles. The summed E-state index contributed by atoms with van der Waals surface area (Å²) in [5, 5.41) is 10.8. The van der Waals surface area contributed by atoms with Gasteiger partial charge in [0, 0.05) is 6.42 Å². The van der Waals surface area contributed by atoms with Crippen molar-refractivity contribution in [3.63, 3.8) is 0 Å². The molecule has 0 fully saturated rings. The van der Waals surface area contributed by atoms with Gasteiger partial charge in [0.15, 0.2) is 11.6 Å². The van der Waals surface area contributed by atoms with Crippen LogP contribution in [0.1, 0.15) is 23.8 Å². The molecule has 1 heterocycles. The van der Waals surface area contributed by atoms with Crippen LogP contribution in [0, 0.1) is 11.6 Å². The summed E-state index contributed by atoms with van der Waals surface area (Å²) in [7, 11) is 1.88. The van der Waals surface area contributed by atoms with Crippen LogP contribution in [0.2, 0.25) is 0 Å². The van der Waals surface area contributed by atoms with Crippen LogP contribution in [0.4, 0.5) is 8.78 Å². The molecule has 2 rings (SSSR count). The van der Waals surface area contributed by atoms with Crippen molar-refractivity contribution in [1.82, 2.24) is 15.5 Å². The first kappa shape index (κ1) is 13.6. The minimum atomic E-state index is -0.869. The Balaban J connectivity index is 1.97. The van der Waals surface area contributed by atoms with Gasteiger partial charge in [0.05, 0.1) is 6.42 Å². The summed E-state index contributed by atoms with van der Waals surface area (Å²) >= 11 is 0. The van der Waals surface area contributed by atoms with Gasteiger partial charge in [-0.1, -0.05) is 6.07 Å². The van der Waals surface area contributed by atoms with Crippen molar-refractivity contribution >= 4 is 0 Å². The smallest absolute Gasteiger partial charge is 0.220 e. The fourth-order valence-corrected chi connectivity index (χ4v) is 1.70. The first-order valence-electron chi connectivity index (χ1n) is 6.09. The van der Waals surface area contributed by atoms with Crippen molar-refractivity contribution in [3.05, 3.63) is 47.2 Å². The highest BCUT2D eigenvalue weighted by molar-refractivity contribution is 5.20. The van der Waals surface area contributed by atoms with Crippen molar-refractivity contribution in [2.45, 2.75) is 19.3 Å². The van der Waals surface area contributed by atoms with E-state index in [0.29, 0.717) is 30.2 Å². The van der Waals surface area contributed by atoms with Gasteiger partial charge in [-0.25, -0.2) is 8.78 Å². The summed E-state index contributed by atoms with van der Waals surface area (Å²) in [5.41, 5.74) is 0.601. The van der Waals surface area contributed by atoms with Gasteiger partial charge in [-0.05, 0) is 37.7 Å². The van der Waals surface area contributed by atoms with E-state index in [1.807, 2.05) is 7.05 Å². The Bertz CT molecular complexity index is 542. The molecule has 6 heteroatoms. The maximum Gasteiger partial charge on any atom is 0.220 e. The standard InChI is InChI=1S/C13H15F2N3O/c1-16-6-2-3-12-17-18-13(19-12)8-9-4-5-10(14)11(15)7-9/h4-5,7,16H,2-3,6,8H2,1H3. The van der Waals surface area contributed by atoms with Gasteiger partial charge in [0.2, 0.25) is 11.8 Å². The number of nitrogens with zero attached hydrogens (tertiary/aromatic N) is 2. The van der Waals surface area contributed by atoms with Gasteiger partial charge in [0.1, 0.15) is 0 Å². The van der Waals surface area contributed by atoms with E-state index in [0.717, 1.165) is 25.1 Å². The van der Waals surface area contributed by atoms with Crippen molar-refractivity contribution in [3.8, 4) is 0 Å². The highest BCUT2D eigenvalue weighted by atomic mass is 19.2. The zero-order valence-electron chi connectivity index (χ0n) is 10.6. The molecule has 0 atom stereocenters. The number of aryl methyl sites for hydroxylation is 1. The molecule has 0 radical (unpaired) electrons. The molecule has 19 heavy (non-hydrogen) atoms. The number of halogens is 2. The van der Waals surface area contributed by atoms with Crippen LogP contribution in [0.15, 0.2) is 22.6 Å². The van der Waals surface area contributed by atoms with E-state index in [-0.39, 0.29) is 0 Å². The first-order valence-corrected chi connectivity index (χ1v) is 6.09. The Morgan fingerprint density at radius 2 is 1.95 bits per heavy atom. The summed E-state index contributed by atoms with van der Waals surface area (Å²) in [6.07, 6.45) is 1.91.